The molecule has 4 nitrogen and oxygen atoms in total. The normalized spacial score (nSPS) is 12.3. The molecule has 17 heavy (non-hydrogen) atoms. The minimum Gasteiger partial charge on any atom is -0.320 e. The van der Waals surface area contributed by atoms with E-state index in [4.69, 9.17) is 5.73 Å². The van der Waals surface area contributed by atoms with Gasteiger partial charge in [0, 0.05) is 13.1 Å². The number of carbonyl (C=O) groups is 1. The quantitative estimate of drug-likeness (QED) is 0.799. The number of nitrogens with zero attached hydrogens (tertiary/aromatic N) is 1. The second kappa shape index (κ2) is 5.70. The number of hydrogen-bond donors (Lipinski definition) is 1. The van der Waals surface area contributed by atoms with E-state index in [-0.39, 0.29) is 6.42 Å². The molecule has 1 rings (SSSR count). The highest BCUT2D eigenvalue weighted by Crippen LogP contribution is 2.10. The topological polar surface area (TPSA) is 55.6 Å². The van der Waals surface area contributed by atoms with Crippen molar-refractivity contribution < 1.29 is 18.4 Å². The van der Waals surface area contributed by atoms with Gasteiger partial charge < -0.3 is 5.73 Å². The van der Waals surface area contributed by atoms with Crippen LogP contribution in [-0.4, -0.2) is 31.2 Å². The van der Waals surface area contributed by atoms with Gasteiger partial charge >= 0.3 is 0 Å². The number of hydroxylamine groups is 2. The van der Waals surface area contributed by atoms with Crippen molar-refractivity contribution in [1.82, 2.24) is 5.06 Å². The third-order valence-corrected chi connectivity index (χ3v) is 2.28. The molecule has 0 aromatic heterocycles. The standard InChI is InChI=1S/C11H14F2N2O2/c1-15(17-2)11(16)10(14)5-7-3-8(12)6-9(13)4-7/h3-4,6,10H,5,14H2,1-2H3. The van der Waals surface area contributed by atoms with Gasteiger partial charge in [0.05, 0.1) is 13.2 Å². The Bertz CT molecular complexity index is 392. The molecule has 0 aliphatic carbocycles. The first-order valence-corrected chi connectivity index (χ1v) is 4.96. The highest BCUT2D eigenvalue weighted by atomic mass is 19.1. The van der Waals surface area contributed by atoms with Crippen LogP contribution < -0.4 is 5.73 Å². The van der Waals surface area contributed by atoms with E-state index in [0.29, 0.717) is 5.56 Å². The Morgan fingerprint density at radius 3 is 2.41 bits per heavy atom. The Labute approximate surface area is 97.9 Å². The van der Waals surface area contributed by atoms with Crippen molar-refractivity contribution in [2.24, 2.45) is 5.73 Å². The van der Waals surface area contributed by atoms with Crippen LogP contribution in [0.3, 0.4) is 0 Å². The van der Waals surface area contributed by atoms with Gasteiger partial charge in [-0.05, 0) is 24.1 Å². The molecule has 94 valence electrons. The second-order valence-electron chi connectivity index (χ2n) is 3.61. The fourth-order valence-electron chi connectivity index (χ4n) is 1.39. The summed E-state index contributed by atoms with van der Waals surface area (Å²) in [6, 6.07) is 2.14. The van der Waals surface area contributed by atoms with Crippen LogP contribution >= 0.6 is 0 Å². The van der Waals surface area contributed by atoms with Crippen LogP contribution in [-0.2, 0) is 16.1 Å². The SMILES string of the molecule is CON(C)C(=O)C(N)Cc1cc(F)cc(F)c1. The van der Waals surface area contributed by atoms with E-state index >= 15 is 0 Å². The van der Waals surface area contributed by atoms with Crippen molar-refractivity contribution >= 4 is 5.91 Å². The molecule has 1 aromatic rings. The molecule has 0 spiro atoms. The maximum atomic E-state index is 12.9. The molecule has 0 radical (unpaired) electrons. The largest absolute Gasteiger partial charge is 0.320 e. The number of halogens is 2. The molecule has 1 atom stereocenters. The van der Waals surface area contributed by atoms with Crippen LogP contribution in [0.5, 0.6) is 0 Å². The minimum absolute atomic E-state index is 0.0429. The molecule has 1 unspecified atom stereocenters. The van der Waals surface area contributed by atoms with Gasteiger partial charge in [-0.25, -0.2) is 13.8 Å². The average molecular weight is 244 g/mol. The van der Waals surface area contributed by atoms with E-state index in [1.54, 1.807) is 0 Å². The predicted molar refractivity (Wildman–Crippen MR) is 57.8 cm³/mol. The first-order chi connectivity index (χ1) is 7.93. The number of carbonyl (C=O) groups excluding carboxylic acids is 1. The van der Waals surface area contributed by atoms with Gasteiger partial charge in [-0.15, -0.1) is 0 Å². The van der Waals surface area contributed by atoms with Gasteiger partial charge in [0.1, 0.15) is 11.6 Å². The average Bonchev–Trinajstić information content (AvgIpc) is 2.25. The lowest BCUT2D eigenvalue weighted by molar-refractivity contribution is -0.170. The van der Waals surface area contributed by atoms with Gasteiger partial charge in [0.2, 0.25) is 0 Å². The van der Waals surface area contributed by atoms with Crippen molar-refractivity contribution in [2.45, 2.75) is 12.5 Å². The Hall–Kier alpha value is -1.53. The smallest absolute Gasteiger partial charge is 0.263 e. The summed E-state index contributed by atoms with van der Waals surface area (Å²) in [5, 5.41) is 0.973. The van der Waals surface area contributed by atoms with E-state index in [0.717, 1.165) is 23.3 Å². The van der Waals surface area contributed by atoms with Gasteiger partial charge in [0.15, 0.2) is 0 Å². The molecule has 1 aromatic carbocycles. The number of amides is 1. The van der Waals surface area contributed by atoms with Gasteiger partial charge in [0.25, 0.3) is 5.91 Å². The number of nitrogens with two attached hydrogens (primary N) is 1. The zero-order valence-electron chi connectivity index (χ0n) is 9.61. The lowest BCUT2D eigenvalue weighted by atomic mass is 10.1. The summed E-state index contributed by atoms with van der Waals surface area (Å²) >= 11 is 0. The maximum Gasteiger partial charge on any atom is 0.263 e. The van der Waals surface area contributed by atoms with E-state index in [2.05, 4.69) is 4.84 Å². The number of likely N-dealkylation sites (N-methyl/N-ethyl adjacent to an activating group) is 1. The number of rotatable bonds is 4. The second-order valence-corrected chi connectivity index (χ2v) is 3.61. The van der Waals surface area contributed by atoms with Crippen molar-refractivity contribution in [1.29, 1.82) is 0 Å². The van der Waals surface area contributed by atoms with Gasteiger partial charge in [-0.3, -0.25) is 9.63 Å². The molecule has 0 aliphatic heterocycles. The summed E-state index contributed by atoms with van der Waals surface area (Å²) in [7, 11) is 2.74. The Morgan fingerprint density at radius 1 is 1.41 bits per heavy atom. The molecule has 0 bridgehead atoms. The van der Waals surface area contributed by atoms with E-state index in [1.807, 2.05) is 0 Å². The van der Waals surface area contributed by atoms with E-state index in [1.165, 1.54) is 14.2 Å². The lowest BCUT2D eigenvalue weighted by Gasteiger charge is -2.18. The molecule has 0 aliphatic rings. The van der Waals surface area contributed by atoms with Crippen LogP contribution in [0.1, 0.15) is 5.56 Å². The predicted octanol–water partition coefficient (Wildman–Crippen LogP) is 0.854. The van der Waals surface area contributed by atoms with Crippen molar-refractivity contribution in [3.05, 3.63) is 35.4 Å². The fourth-order valence-corrected chi connectivity index (χ4v) is 1.39. The molecular formula is C11H14F2N2O2. The first-order valence-electron chi connectivity index (χ1n) is 4.96. The minimum atomic E-state index is -0.902. The third kappa shape index (κ3) is 3.76. The maximum absolute atomic E-state index is 12.9. The number of hydrogen-bond acceptors (Lipinski definition) is 3. The van der Waals surface area contributed by atoms with Crippen molar-refractivity contribution in [3.8, 4) is 0 Å². The molecule has 6 heteroatoms. The number of benzene rings is 1. The monoisotopic (exact) mass is 244 g/mol. The Morgan fingerprint density at radius 2 is 1.94 bits per heavy atom. The first kappa shape index (κ1) is 13.5. The van der Waals surface area contributed by atoms with E-state index < -0.39 is 23.6 Å². The van der Waals surface area contributed by atoms with Crippen LogP contribution in [0.4, 0.5) is 8.78 Å². The van der Waals surface area contributed by atoms with Crippen LogP contribution in [0.25, 0.3) is 0 Å². The van der Waals surface area contributed by atoms with Crippen molar-refractivity contribution in [2.75, 3.05) is 14.2 Å². The summed E-state index contributed by atoms with van der Waals surface area (Å²) in [4.78, 5) is 16.2. The van der Waals surface area contributed by atoms with Crippen LogP contribution in [0.15, 0.2) is 18.2 Å². The summed E-state index contributed by atoms with van der Waals surface area (Å²) in [6.07, 6.45) is 0.0429. The van der Waals surface area contributed by atoms with Crippen LogP contribution in [0, 0.1) is 11.6 Å². The highest BCUT2D eigenvalue weighted by Gasteiger charge is 2.18. The summed E-state index contributed by atoms with van der Waals surface area (Å²) in [5.74, 6) is -1.85. The molecule has 0 saturated heterocycles. The van der Waals surface area contributed by atoms with Crippen molar-refractivity contribution in [3.63, 3.8) is 0 Å². The Balaban J connectivity index is 2.74. The van der Waals surface area contributed by atoms with Gasteiger partial charge in [-0.2, -0.15) is 0 Å². The highest BCUT2D eigenvalue weighted by molar-refractivity contribution is 5.80. The molecule has 0 fully saturated rings. The van der Waals surface area contributed by atoms with Crippen LogP contribution in [0.2, 0.25) is 0 Å². The lowest BCUT2D eigenvalue weighted by Crippen LogP contribution is -2.42. The third-order valence-electron chi connectivity index (χ3n) is 2.28. The molecule has 1 amide bonds. The fraction of sp³-hybridized carbons (Fsp3) is 0.364. The molecular weight excluding hydrogens is 230 g/mol. The molecule has 0 heterocycles. The Kier molecular flexibility index (Phi) is 4.53. The summed E-state index contributed by atoms with van der Waals surface area (Å²) in [6.45, 7) is 0. The molecule has 0 saturated carbocycles. The summed E-state index contributed by atoms with van der Waals surface area (Å²) in [5.41, 5.74) is 5.94. The molecule has 2 N–H and O–H groups in total. The van der Waals surface area contributed by atoms with Gasteiger partial charge in [-0.1, -0.05) is 0 Å². The zero-order valence-corrected chi connectivity index (χ0v) is 9.61. The zero-order chi connectivity index (χ0) is 13.0. The van der Waals surface area contributed by atoms with E-state index in [9.17, 15) is 13.6 Å². The summed E-state index contributed by atoms with van der Waals surface area (Å²) < 4.78 is 25.8.